The van der Waals surface area contributed by atoms with Gasteiger partial charge in [0.25, 0.3) is 0 Å². The smallest absolute Gasteiger partial charge is 0.146 e. The zero-order valence-electron chi connectivity index (χ0n) is 12.7. The molecule has 22 heavy (non-hydrogen) atoms. The Morgan fingerprint density at radius 1 is 0.636 bits per heavy atom. The van der Waals surface area contributed by atoms with Crippen LogP contribution < -0.4 is 21.4 Å². The number of nitrogens with zero attached hydrogens (tertiary/aromatic N) is 4. The molecule has 112 valence electrons. The first-order valence-electron chi connectivity index (χ1n) is 7.07. The van der Waals surface area contributed by atoms with Crippen LogP contribution in [0.1, 0.15) is 27.7 Å². The fourth-order valence-electron chi connectivity index (χ4n) is 3.00. The van der Waals surface area contributed by atoms with Crippen molar-refractivity contribution in [2.75, 3.05) is 0 Å². The highest BCUT2D eigenvalue weighted by Crippen LogP contribution is 2.21. The molecule has 0 atom stereocenters. The third kappa shape index (κ3) is 2.00. The summed E-state index contributed by atoms with van der Waals surface area (Å²) < 4.78 is 1.91. The number of rotatable bonds is 0. The predicted octanol–water partition coefficient (Wildman–Crippen LogP) is 2.34. The van der Waals surface area contributed by atoms with Gasteiger partial charge in [-0.15, -0.1) is 0 Å². The van der Waals surface area contributed by atoms with Crippen LogP contribution in [0.5, 0.6) is 0 Å². The molecule has 6 heteroatoms. The average Bonchev–Trinajstić information content (AvgIpc) is 2.88. The molecular formula is C16H14Br2N4. The lowest BCUT2D eigenvalue weighted by Crippen LogP contribution is -2.30. The number of benzene rings is 2. The zero-order valence-corrected chi connectivity index (χ0v) is 15.9. The highest BCUT2D eigenvalue weighted by atomic mass is 79.9. The van der Waals surface area contributed by atoms with E-state index < -0.39 is 11.3 Å². The monoisotopic (exact) mass is 420 g/mol. The number of halogens is 2. The van der Waals surface area contributed by atoms with Crippen LogP contribution in [-0.4, -0.2) is 11.3 Å². The molecular weight excluding hydrogens is 408 g/mol. The van der Waals surface area contributed by atoms with Crippen molar-refractivity contribution < 1.29 is 0 Å². The molecule has 0 saturated heterocycles. The molecule has 0 radical (unpaired) electrons. The number of fused-ring (bicyclic) bond motifs is 5. The van der Waals surface area contributed by atoms with Gasteiger partial charge in [0.05, 0.1) is 10.7 Å². The van der Waals surface area contributed by atoms with E-state index in [9.17, 15) is 0 Å². The van der Waals surface area contributed by atoms with Gasteiger partial charge in [0, 0.05) is 19.7 Å². The Bertz CT molecular complexity index is 1010. The summed E-state index contributed by atoms with van der Waals surface area (Å²) in [6, 6.07) is 4.17. The van der Waals surface area contributed by atoms with Crippen molar-refractivity contribution in [2.45, 2.75) is 39.0 Å². The minimum Gasteiger partial charge on any atom is -0.253 e. The predicted molar refractivity (Wildman–Crippen MR) is 92.1 cm³/mol. The summed E-state index contributed by atoms with van der Waals surface area (Å²) >= 11 is 7.28. The van der Waals surface area contributed by atoms with Gasteiger partial charge >= 0.3 is 0 Å². The molecule has 4 rings (SSSR count). The summed E-state index contributed by atoms with van der Waals surface area (Å²) in [6.07, 6.45) is 0. The van der Waals surface area contributed by atoms with E-state index in [0.717, 1.165) is 41.1 Å². The van der Waals surface area contributed by atoms with Gasteiger partial charge in [-0.25, -0.2) is 0 Å². The van der Waals surface area contributed by atoms with Crippen LogP contribution in [-0.2, 0) is 0 Å². The summed E-state index contributed by atoms with van der Waals surface area (Å²) in [5.74, 6) is 0. The van der Waals surface area contributed by atoms with Gasteiger partial charge in [0.2, 0.25) is 0 Å². The highest BCUT2D eigenvalue weighted by Gasteiger charge is 2.24. The largest absolute Gasteiger partial charge is 0.253 e. The van der Waals surface area contributed by atoms with Gasteiger partial charge in [-0.3, -0.25) is 20.0 Å². The van der Waals surface area contributed by atoms with Crippen LogP contribution in [0.4, 0.5) is 0 Å². The lowest BCUT2D eigenvalue weighted by Gasteiger charge is -2.07. The third-order valence-corrected chi connectivity index (χ3v) is 4.99. The first-order chi connectivity index (χ1) is 10.2. The van der Waals surface area contributed by atoms with Gasteiger partial charge in [-0.2, -0.15) is 0 Å². The van der Waals surface area contributed by atoms with Gasteiger partial charge in [-0.1, -0.05) is 0 Å². The van der Waals surface area contributed by atoms with Gasteiger partial charge < -0.3 is 0 Å². The molecule has 0 amide bonds. The number of hydrogen-bond acceptors (Lipinski definition) is 4. The van der Waals surface area contributed by atoms with E-state index in [1.54, 1.807) is 0 Å². The molecule has 0 saturated carbocycles. The molecule has 0 aromatic heterocycles. The molecule has 2 aromatic rings. The van der Waals surface area contributed by atoms with Crippen LogP contribution in [0.2, 0.25) is 0 Å². The molecule has 2 aromatic carbocycles. The second kappa shape index (κ2) is 4.23. The second-order valence-electron chi connectivity index (χ2n) is 6.64. The highest BCUT2D eigenvalue weighted by molar-refractivity contribution is 9.10. The zero-order chi connectivity index (χ0) is 15.9. The van der Waals surface area contributed by atoms with E-state index in [4.69, 9.17) is 20.0 Å². The van der Waals surface area contributed by atoms with Crippen LogP contribution in [0.25, 0.3) is 10.8 Å². The summed E-state index contributed by atoms with van der Waals surface area (Å²) in [6.45, 7) is 8.04. The van der Waals surface area contributed by atoms with E-state index in [0.29, 0.717) is 0 Å². The quantitative estimate of drug-likeness (QED) is 0.626. The molecule has 4 nitrogen and oxygen atoms in total. The maximum absolute atomic E-state index is 4.79. The Kier molecular flexibility index (Phi) is 2.78. The maximum atomic E-state index is 4.79. The lowest BCUT2D eigenvalue weighted by atomic mass is 10.1. The van der Waals surface area contributed by atoms with Crippen molar-refractivity contribution in [2.24, 2.45) is 20.0 Å². The first kappa shape index (κ1) is 14.5. The first-order valence-corrected chi connectivity index (χ1v) is 8.66. The summed E-state index contributed by atoms with van der Waals surface area (Å²) in [7, 11) is 0. The summed E-state index contributed by atoms with van der Waals surface area (Å²) in [5, 5.41) is 5.82. The Hall–Kier alpha value is -1.14. The van der Waals surface area contributed by atoms with Gasteiger partial charge in [0.1, 0.15) is 22.0 Å². The van der Waals surface area contributed by atoms with Gasteiger partial charge in [0.15, 0.2) is 0 Å². The van der Waals surface area contributed by atoms with Crippen molar-refractivity contribution >= 4 is 42.6 Å². The average molecular weight is 422 g/mol. The van der Waals surface area contributed by atoms with Crippen LogP contribution in [0, 0.1) is 0 Å². The summed E-state index contributed by atoms with van der Waals surface area (Å²) in [5.41, 5.74) is -0.850. The fraction of sp³-hybridized carbons (Fsp3) is 0.375. The Morgan fingerprint density at radius 3 is 1.32 bits per heavy atom. The van der Waals surface area contributed by atoms with Crippen molar-refractivity contribution in [3.8, 4) is 0 Å². The normalized spacial score (nSPS) is 19.7. The van der Waals surface area contributed by atoms with Crippen LogP contribution in [0.15, 0.2) is 41.0 Å². The third-order valence-electron chi connectivity index (χ3n) is 3.79. The van der Waals surface area contributed by atoms with E-state index in [-0.39, 0.29) is 0 Å². The number of hydrogen-bond donors (Lipinski definition) is 0. The van der Waals surface area contributed by atoms with Gasteiger partial charge in [-0.05, 0) is 71.7 Å². The van der Waals surface area contributed by atoms with Crippen LogP contribution >= 0.6 is 31.9 Å². The van der Waals surface area contributed by atoms with E-state index in [1.165, 1.54) is 0 Å². The fourth-order valence-corrected chi connectivity index (χ4v) is 4.01. The molecule has 0 bridgehead atoms. The molecule has 0 aliphatic carbocycles. The van der Waals surface area contributed by atoms with Crippen molar-refractivity contribution in [3.05, 3.63) is 42.5 Å². The molecule has 2 aliphatic heterocycles. The van der Waals surface area contributed by atoms with E-state index in [1.807, 2.05) is 27.7 Å². The topological polar surface area (TPSA) is 49.4 Å². The molecule has 0 N–H and O–H groups in total. The molecule has 2 aliphatic rings. The minimum absolute atomic E-state index is 0.425. The second-order valence-corrected chi connectivity index (χ2v) is 8.35. The van der Waals surface area contributed by atoms with E-state index in [2.05, 4.69) is 44.0 Å². The molecule has 0 unspecified atom stereocenters. The van der Waals surface area contributed by atoms with E-state index >= 15 is 0 Å². The van der Waals surface area contributed by atoms with Crippen molar-refractivity contribution in [1.29, 1.82) is 0 Å². The molecule has 0 spiro atoms. The van der Waals surface area contributed by atoms with Crippen molar-refractivity contribution in [3.63, 3.8) is 0 Å². The summed E-state index contributed by atoms with van der Waals surface area (Å²) in [4.78, 5) is 19.0. The molecule has 0 fully saturated rings. The minimum atomic E-state index is -0.425. The Balaban J connectivity index is 2.31. The maximum Gasteiger partial charge on any atom is 0.146 e. The molecule has 2 heterocycles. The Labute approximate surface area is 144 Å². The van der Waals surface area contributed by atoms with Crippen LogP contribution in [0.3, 0.4) is 0 Å². The SMILES string of the molecule is CC1(C)N=c2c(Br)cc3c4c(c(Br)cc3c2=N1)=NC(C)(C)N=4. The lowest BCUT2D eigenvalue weighted by molar-refractivity contribution is 0.548. The Morgan fingerprint density at radius 2 is 0.955 bits per heavy atom. The standard InChI is InChI=1S/C16H14Br2N4/c1-15(2)19-11-7-5-10(18)14-12(20-16(3,4)22-14)8(7)6-9(17)13(11)21-15/h5-6H,1-4H3. The van der Waals surface area contributed by atoms with Crippen molar-refractivity contribution in [1.82, 2.24) is 0 Å².